The lowest BCUT2D eigenvalue weighted by Crippen LogP contribution is -2.44. The molecule has 3 N–H and O–H groups in total. The van der Waals surface area contributed by atoms with Crippen molar-refractivity contribution in [3.8, 4) is 0 Å². The molecule has 0 radical (unpaired) electrons. The lowest BCUT2D eigenvalue weighted by molar-refractivity contribution is 0.0695. The molecule has 0 atom stereocenters. The Balaban J connectivity index is 2.30. The zero-order chi connectivity index (χ0) is 14.8. The number of rotatable bonds is 4. The van der Waals surface area contributed by atoms with Crippen LogP contribution in [-0.2, 0) is 0 Å². The summed E-state index contributed by atoms with van der Waals surface area (Å²) in [5.74, 6) is -3.30. The van der Waals surface area contributed by atoms with Gasteiger partial charge in [-0.25, -0.2) is 13.6 Å². The molecule has 4 nitrogen and oxygen atoms in total. The topological polar surface area (TPSA) is 69.6 Å². The maximum absolute atomic E-state index is 13.9. The quantitative estimate of drug-likeness (QED) is 0.795. The first kappa shape index (κ1) is 14.7. The van der Waals surface area contributed by atoms with E-state index in [2.05, 4.69) is 5.32 Å². The van der Waals surface area contributed by atoms with Crippen LogP contribution in [0, 0.1) is 11.6 Å². The monoisotopic (exact) mass is 285 g/mol. The first-order valence-electron chi connectivity index (χ1n) is 6.59. The molecule has 1 aromatic carbocycles. The molecule has 1 aliphatic rings. The number of carbonyl (C=O) groups is 1. The maximum Gasteiger partial charge on any atom is 0.335 e. The van der Waals surface area contributed by atoms with Crippen LogP contribution in [0.1, 0.15) is 42.5 Å². The number of hydrogen-bond donors (Lipinski definition) is 3. The Morgan fingerprint density at radius 2 is 1.75 bits per heavy atom. The summed E-state index contributed by atoms with van der Waals surface area (Å²) in [5, 5.41) is 21.0. The van der Waals surface area contributed by atoms with Gasteiger partial charge in [-0.3, -0.25) is 0 Å². The summed E-state index contributed by atoms with van der Waals surface area (Å²) in [4.78, 5) is 10.7. The van der Waals surface area contributed by atoms with E-state index in [1.54, 1.807) is 0 Å². The highest BCUT2D eigenvalue weighted by Gasteiger charge is 2.33. The second-order valence-electron chi connectivity index (χ2n) is 5.24. The zero-order valence-electron chi connectivity index (χ0n) is 11.0. The minimum Gasteiger partial charge on any atom is -0.478 e. The highest BCUT2D eigenvalue weighted by molar-refractivity contribution is 5.88. The summed E-state index contributed by atoms with van der Waals surface area (Å²) in [6.45, 7) is -0.216. The van der Waals surface area contributed by atoms with Crippen molar-refractivity contribution in [3.05, 3.63) is 29.3 Å². The van der Waals surface area contributed by atoms with Crippen LogP contribution in [0.4, 0.5) is 14.5 Å². The minimum absolute atomic E-state index is 0.216. The number of benzene rings is 1. The second-order valence-corrected chi connectivity index (χ2v) is 5.24. The van der Waals surface area contributed by atoms with E-state index in [-0.39, 0.29) is 12.3 Å². The first-order chi connectivity index (χ1) is 9.47. The van der Waals surface area contributed by atoms with Crippen LogP contribution in [-0.4, -0.2) is 28.3 Å². The van der Waals surface area contributed by atoms with Gasteiger partial charge in [0.1, 0.15) is 17.3 Å². The summed E-state index contributed by atoms with van der Waals surface area (Å²) < 4.78 is 27.8. The molecule has 1 aromatic rings. The number of halogens is 2. The number of aliphatic hydroxyl groups excluding tert-OH is 1. The Hall–Kier alpha value is -1.69. The molecule has 0 unspecified atom stereocenters. The van der Waals surface area contributed by atoms with Crippen LogP contribution in [0.15, 0.2) is 12.1 Å². The van der Waals surface area contributed by atoms with Gasteiger partial charge in [0.25, 0.3) is 0 Å². The molecule has 0 aromatic heterocycles. The van der Waals surface area contributed by atoms with Crippen molar-refractivity contribution in [2.75, 3.05) is 11.9 Å². The van der Waals surface area contributed by atoms with E-state index < -0.39 is 28.7 Å². The Morgan fingerprint density at radius 3 is 2.20 bits per heavy atom. The van der Waals surface area contributed by atoms with Crippen molar-refractivity contribution in [2.45, 2.75) is 37.6 Å². The molecule has 0 saturated heterocycles. The van der Waals surface area contributed by atoms with Gasteiger partial charge in [0, 0.05) is 0 Å². The number of anilines is 1. The van der Waals surface area contributed by atoms with Crippen LogP contribution in [0.25, 0.3) is 0 Å². The number of aliphatic hydroxyl groups is 1. The van der Waals surface area contributed by atoms with E-state index in [0.29, 0.717) is 12.8 Å². The number of nitrogens with one attached hydrogen (secondary N) is 1. The number of carboxylic acids is 1. The molecule has 0 bridgehead atoms. The molecular formula is C14H17F2NO3. The van der Waals surface area contributed by atoms with Crippen molar-refractivity contribution < 1.29 is 23.8 Å². The molecule has 1 saturated carbocycles. The summed E-state index contributed by atoms with van der Waals surface area (Å²) >= 11 is 0. The smallest absolute Gasteiger partial charge is 0.335 e. The molecule has 0 spiro atoms. The van der Waals surface area contributed by atoms with Gasteiger partial charge in [-0.1, -0.05) is 19.3 Å². The minimum atomic E-state index is -1.39. The van der Waals surface area contributed by atoms with E-state index >= 15 is 0 Å². The van der Waals surface area contributed by atoms with Crippen LogP contribution >= 0.6 is 0 Å². The summed E-state index contributed by atoms with van der Waals surface area (Å²) in [5.41, 5.74) is -1.54. The Bertz CT molecular complexity index is 490. The van der Waals surface area contributed by atoms with Crippen molar-refractivity contribution in [3.63, 3.8) is 0 Å². The fraction of sp³-hybridized carbons (Fsp3) is 0.500. The third kappa shape index (κ3) is 2.90. The molecular weight excluding hydrogens is 268 g/mol. The number of hydrogen-bond acceptors (Lipinski definition) is 3. The lowest BCUT2D eigenvalue weighted by atomic mass is 9.82. The third-order valence-electron chi connectivity index (χ3n) is 3.79. The van der Waals surface area contributed by atoms with E-state index in [9.17, 15) is 18.7 Å². The highest BCUT2D eigenvalue weighted by atomic mass is 19.1. The van der Waals surface area contributed by atoms with E-state index in [1.807, 2.05) is 0 Å². The molecule has 0 aliphatic heterocycles. The standard InChI is InChI=1S/C14H17F2NO3/c15-10-6-9(13(19)20)7-11(16)12(10)17-14(8-18)4-2-1-3-5-14/h6-7,17-18H,1-5,8H2,(H,19,20). The van der Waals surface area contributed by atoms with Gasteiger partial charge in [-0.2, -0.15) is 0 Å². The predicted octanol–water partition coefficient (Wildman–Crippen LogP) is 2.77. The number of aromatic carboxylic acids is 1. The molecule has 0 heterocycles. The summed E-state index contributed by atoms with van der Waals surface area (Å²) in [6, 6.07) is 1.56. The Kier molecular flexibility index (Phi) is 4.23. The molecule has 2 rings (SSSR count). The molecule has 110 valence electrons. The maximum atomic E-state index is 13.9. The summed E-state index contributed by atoms with van der Waals surface area (Å²) in [6.07, 6.45) is 4.05. The van der Waals surface area contributed by atoms with E-state index in [1.165, 1.54) is 0 Å². The SMILES string of the molecule is O=C(O)c1cc(F)c(NC2(CO)CCCCC2)c(F)c1. The van der Waals surface area contributed by atoms with Crippen LogP contribution in [0.5, 0.6) is 0 Å². The normalized spacial score (nSPS) is 17.8. The van der Waals surface area contributed by atoms with Crippen LogP contribution in [0.3, 0.4) is 0 Å². The fourth-order valence-electron chi connectivity index (χ4n) is 2.63. The van der Waals surface area contributed by atoms with Gasteiger partial charge in [-0.15, -0.1) is 0 Å². The van der Waals surface area contributed by atoms with Gasteiger partial charge >= 0.3 is 5.97 Å². The molecule has 1 aliphatic carbocycles. The third-order valence-corrected chi connectivity index (χ3v) is 3.79. The molecule has 0 amide bonds. The summed E-state index contributed by atoms with van der Waals surface area (Å²) in [7, 11) is 0. The Labute approximate surface area is 115 Å². The lowest BCUT2D eigenvalue weighted by Gasteiger charge is -2.37. The molecule has 20 heavy (non-hydrogen) atoms. The van der Waals surface area contributed by atoms with Crippen molar-refractivity contribution in [1.29, 1.82) is 0 Å². The predicted molar refractivity (Wildman–Crippen MR) is 69.8 cm³/mol. The van der Waals surface area contributed by atoms with Crippen LogP contribution < -0.4 is 5.32 Å². The molecule has 6 heteroatoms. The highest BCUT2D eigenvalue weighted by Crippen LogP contribution is 2.33. The zero-order valence-corrected chi connectivity index (χ0v) is 11.0. The van der Waals surface area contributed by atoms with Crippen molar-refractivity contribution >= 4 is 11.7 Å². The largest absolute Gasteiger partial charge is 0.478 e. The second kappa shape index (κ2) is 5.75. The van der Waals surface area contributed by atoms with E-state index in [4.69, 9.17) is 5.11 Å². The number of carboxylic acid groups (broad SMARTS) is 1. The van der Waals surface area contributed by atoms with Crippen molar-refractivity contribution in [2.24, 2.45) is 0 Å². The first-order valence-corrected chi connectivity index (χ1v) is 6.59. The van der Waals surface area contributed by atoms with Gasteiger partial charge < -0.3 is 15.5 Å². The molecule has 1 fully saturated rings. The van der Waals surface area contributed by atoms with Gasteiger partial charge in [0.05, 0.1) is 17.7 Å². The van der Waals surface area contributed by atoms with Gasteiger partial charge in [0.15, 0.2) is 0 Å². The van der Waals surface area contributed by atoms with Crippen LogP contribution in [0.2, 0.25) is 0 Å². The van der Waals surface area contributed by atoms with Gasteiger partial charge in [0.2, 0.25) is 0 Å². The average molecular weight is 285 g/mol. The average Bonchev–Trinajstić information content (AvgIpc) is 2.43. The fourth-order valence-corrected chi connectivity index (χ4v) is 2.63. The van der Waals surface area contributed by atoms with E-state index in [0.717, 1.165) is 31.4 Å². The van der Waals surface area contributed by atoms with Gasteiger partial charge in [-0.05, 0) is 25.0 Å². The Morgan fingerprint density at radius 1 is 1.20 bits per heavy atom. The van der Waals surface area contributed by atoms with Crippen molar-refractivity contribution in [1.82, 2.24) is 0 Å².